The molecule has 1 aromatic heterocycles. The van der Waals surface area contributed by atoms with Crippen LogP contribution in [0.5, 0.6) is 0 Å². The normalized spacial score (nSPS) is 20.9. The van der Waals surface area contributed by atoms with Crippen LogP contribution in [0.15, 0.2) is 59.6 Å². The van der Waals surface area contributed by atoms with E-state index in [0.29, 0.717) is 18.4 Å². The van der Waals surface area contributed by atoms with Gasteiger partial charge in [0.15, 0.2) is 0 Å². The van der Waals surface area contributed by atoms with Gasteiger partial charge in [0.05, 0.1) is 5.52 Å². The van der Waals surface area contributed by atoms with Gasteiger partial charge in [-0.2, -0.15) is 0 Å². The molecule has 2 saturated carbocycles. The summed E-state index contributed by atoms with van der Waals surface area (Å²) in [7, 11) is 0. The molecule has 3 fully saturated rings. The number of amidine groups is 1. The maximum absolute atomic E-state index is 13.3. The van der Waals surface area contributed by atoms with Gasteiger partial charge in [0.1, 0.15) is 11.4 Å². The van der Waals surface area contributed by atoms with Crippen molar-refractivity contribution < 1.29 is 9.59 Å². The lowest BCUT2D eigenvalue weighted by Crippen LogP contribution is -2.55. The zero-order valence-corrected chi connectivity index (χ0v) is 19.9. The minimum atomic E-state index is -0.527. The molecule has 0 unspecified atom stereocenters. The van der Waals surface area contributed by atoms with Gasteiger partial charge in [-0.15, -0.1) is 0 Å². The lowest BCUT2D eigenvalue weighted by atomic mass is 9.97. The smallest absolute Gasteiger partial charge is 0.256 e. The first-order valence-electron chi connectivity index (χ1n) is 12.7. The monoisotopic (exact) mass is 464 g/mol. The van der Waals surface area contributed by atoms with Gasteiger partial charge in [-0.3, -0.25) is 24.5 Å². The number of rotatable bonds is 5. The van der Waals surface area contributed by atoms with Crippen LogP contribution in [-0.2, 0) is 9.59 Å². The Bertz CT molecular complexity index is 1400. The summed E-state index contributed by atoms with van der Waals surface area (Å²) in [5.41, 5.74) is 4.72. The quantitative estimate of drug-likeness (QED) is 0.568. The Balaban J connectivity index is 1.13. The van der Waals surface area contributed by atoms with Crippen molar-refractivity contribution in [2.45, 2.75) is 38.1 Å². The van der Waals surface area contributed by atoms with Gasteiger partial charge in [0.2, 0.25) is 5.91 Å². The summed E-state index contributed by atoms with van der Waals surface area (Å²) in [6, 6.07) is 18.8. The Kier molecular flexibility index (Phi) is 4.44. The summed E-state index contributed by atoms with van der Waals surface area (Å²) in [4.78, 5) is 39.0. The van der Waals surface area contributed by atoms with E-state index in [1.54, 1.807) is 0 Å². The van der Waals surface area contributed by atoms with Crippen molar-refractivity contribution in [3.8, 4) is 11.1 Å². The lowest BCUT2D eigenvalue weighted by Gasteiger charge is -2.41. The molecule has 176 valence electrons. The Morgan fingerprint density at radius 1 is 1.00 bits per heavy atom. The molecule has 2 aromatic carbocycles. The summed E-state index contributed by atoms with van der Waals surface area (Å²) >= 11 is 0. The number of nitrogens with zero attached hydrogens (tertiary/aromatic N) is 4. The van der Waals surface area contributed by atoms with Crippen LogP contribution in [-0.4, -0.2) is 57.6 Å². The zero-order chi connectivity index (χ0) is 23.7. The molecule has 3 heterocycles. The number of carbonyl (C=O) groups excluding carboxylic acids is 2. The molecular formula is C29H28N4O2. The Labute approximate surface area is 204 Å². The fraction of sp³-hybridized carbons (Fsp3) is 0.379. The van der Waals surface area contributed by atoms with Gasteiger partial charge in [0, 0.05) is 48.1 Å². The van der Waals surface area contributed by atoms with E-state index < -0.39 is 5.54 Å². The number of benzene rings is 2. The highest BCUT2D eigenvalue weighted by molar-refractivity contribution is 6.16. The molecule has 0 bridgehead atoms. The lowest BCUT2D eigenvalue weighted by molar-refractivity contribution is -0.139. The van der Waals surface area contributed by atoms with E-state index in [2.05, 4.69) is 41.4 Å². The second kappa shape index (κ2) is 7.48. The molecule has 35 heavy (non-hydrogen) atoms. The predicted octanol–water partition coefficient (Wildman–Crippen LogP) is 4.20. The van der Waals surface area contributed by atoms with E-state index in [1.165, 1.54) is 0 Å². The van der Waals surface area contributed by atoms with Crippen molar-refractivity contribution in [1.82, 2.24) is 14.8 Å². The molecule has 2 amide bonds. The third kappa shape index (κ3) is 3.46. The maximum Gasteiger partial charge on any atom is 0.256 e. The SMILES string of the molecule is Cc1ccc2c(-c3ccc(C4=NC5(CC5)C(=O)N4CC4CN(C(=O)C5CC5)C4)cc3)cccc2n1. The number of aromatic nitrogens is 1. The summed E-state index contributed by atoms with van der Waals surface area (Å²) in [5.74, 6) is 1.82. The molecular weight excluding hydrogens is 436 g/mol. The van der Waals surface area contributed by atoms with E-state index in [0.717, 1.165) is 77.9 Å². The molecule has 2 aliphatic heterocycles. The van der Waals surface area contributed by atoms with Crippen LogP contribution < -0.4 is 0 Å². The van der Waals surface area contributed by atoms with E-state index >= 15 is 0 Å². The standard InChI is InChI=1S/C29H28N4O2/c1-18-5-12-24-23(3-2-4-25(24)30-18)20-6-8-21(9-7-20)26-31-29(13-14-29)28(35)33(26)17-19-15-32(16-19)27(34)22-10-11-22/h2-9,12,19,22H,10-11,13-17H2,1H3. The molecule has 6 nitrogen and oxygen atoms in total. The number of hydrogen-bond acceptors (Lipinski definition) is 4. The number of carbonyl (C=O) groups is 2. The third-order valence-corrected chi connectivity index (χ3v) is 7.90. The fourth-order valence-corrected chi connectivity index (χ4v) is 5.51. The molecule has 1 saturated heterocycles. The minimum Gasteiger partial charge on any atom is -0.342 e. The van der Waals surface area contributed by atoms with Gasteiger partial charge < -0.3 is 4.90 Å². The topological polar surface area (TPSA) is 65.9 Å². The zero-order valence-electron chi connectivity index (χ0n) is 19.9. The first-order valence-corrected chi connectivity index (χ1v) is 12.7. The highest BCUT2D eigenvalue weighted by Crippen LogP contribution is 2.46. The molecule has 6 heteroatoms. The summed E-state index contributed by atoms with van der Waals surface area (Å²) in [6.07, 6.45) is 3.75. The van der Waals surface area contributed by atoms with Crippen LogP contribution >= 0.6 is 0 Å². The first-order chi connectivity index (χ1) is 17.0. The van der Waals surface area contributed by atoms with Crippen LogP contribution in [0.1, 0.15) is 36.9 Å². The van der Waals surface area contributed by atoms with E-state index in [-0.39, 0.29) is 11.8 Å². The summed E-state index contributed by atoms with van der Waals surface area (Å²) in [5, 5.41) is 1.13. The van der Waals surface area contributed by atoms with Crippen molar-refractivity contribution in [2.75, 3.05) is 19.6 Å². The Morgan fingerprint density at radius 2 is 1.74 bits per heavy atom. The van der Waals surface area contributed by atoms with E-state index in [4.69, 9.17) is 4.99 Å². The Morgan fingerprint density at radius 3 is 2.46 bits per heavy atom. The molecule has 1 spiro atoms. The van der Waals surface area contributed by atoms with Crippen LogP contribution in [0, 0.1) is 18.8 Å². The van der Waals surface area contributed by atoms with Crippen LogP contribution in [0.25, 0.3) is 22.0 Å². The van der Waals surface area contributed by atoms with Crippen LogP contribution in [0.4, 0.5) is 0 Å². The van der Waals surface area contributed by atoms with Crippen molar-refractivity contribution in [3.63, 3.8) is 0 Å². The molecule has 4 aliphatic rings. The molecule has 0 atom stereocenters. The van der Waals surface area contributed by atoms with Crippen molar-refractivity contribution in [2.24, 2.45) is 16.8 Å². The second-order valence-electron chi connectivity index (χ2n) is 10.7. The first kappa shape index (κ1) is 20.8. The van der Waals surface area contributed by atoms with Crippen LogP contribution in [0.2, 0.25) is 0 Å². The van der Waals surface area contributed by atoms with Crippen molar-refractivity contribution >= 4 is 28.6 Å². The molecule has 2 aliphatic carbocycles. The Hall–Kier alpha value is -3.54. The predicted molar refractivity (Wildman–Crippen MR) is 135 cm³/mol. The number of fused-ring (bicyclic) bond motifs is 1. The largest absolute Gasteiger partial charge is 0.342 e. The fourth-order valence-electron chi connectivity index (χ4n) is 5.51. The van der Waals surface area contributed by atoms with Crippen molar-refractivity contribution in [1.29, 1.82) is 0 Å². The van der Waals surface area contributed by atoms with Gasteiger partial charge in [-0.05, 0) is 55.9 Å². The van der Waals surface area contributed by atoms with Crippen molar-refractivity contribution in [3.05, 3.63) is 65.9 Å². The molecule has 7 rings (SSSR count). The number of aryl methyl sites for hydroxylation is 1. The van der Waals surface area contributed by atoms with Gasteiger partial charge in [0.25, 0.3) is 5.91 Å². The molecule has 3 aromatic rings. The average molecular weight is 465 g/mol. The highest BCUT2D eigenvalue weighted by atomic mass is 16.2. The number of hydrogen-bond donors (Lipinski definition) is 0. The number of aliphatic imine (C=N–C) groups is 1. The number of pyridine rings is 1. The molecule has 0 radical (unpaired) electrons. The van der Waals surface area contributed by atoms with Gasteiger partial charge in [-0.1, -0.05) is 42.5 Å². The van der Waals surface area contributed by atoms with Gasteiger partial charge in [-0.25, -0.2) is 0 Å². The van der Waals surface area contributed by atoms with E-state index in [9.17, 15) is 9.59 Å². The van der Waals surface area contributed by atoms with Crippen LogP contribution in [0.3, 0.4) is 0 Å². The number of amides is 2. The third-order valence-electron chi connectivity index (χ3n) is 7.90. The minimum absolute atomic E-state index is 0.138. The molecule has 0 N–H and O–H groups in total. The number of likely N-dealkylation sites (tertiary alicyclic amines) is 1. The maximum atomic E-state index is 13.3. The second-order valence-corrected chi connectivity index (χ2v) is 10.7. The van der Waals surface area contributed by atoms with Gasteiger partial charge >= 0.3 is 0 Å². The average Bonchev–Trinajstić information content (AvgIpc) is 3.76. The summed E-state index contributed by atoms with van der Waals surface area (Å²) in [6.45, 7) is 4.17. The van der Waals surface area contributed by atoms with E-state index in [1.807, 2.05) is 34.9 Å². The highest BCUT2D eigenvalue weighted by Gasteiger charge is 2.57. The summed E-state index contributed by atoms with van der Waals surface area (Å²) < 4.78 is 0.